The van der Waals surface area contributed by atoms with Crippen LogP contribution in [0.2, 0.25) is 0 Å². The van der Waals surface area contributed by atoms with Crippen molar-refractivity contribution in [2.75, 3.05) is 19.6 Å². The van der Waals surface area contributed by atoms with Crippen molar-refractivity contribution in [3.8, 4) is 0 Å². The SMILES string of the molecule is CCCCNC(=O)Cc1ccc(S(=O)(=O)N2CCCC2)s1. The highest BCUT2D eigenvalue weighted by atomic mass is 32.2. The van der Waals surface area contributed by atoms with Gasteiger partial charge in [-0.3, -0.25) is 4.79 Å². The molecule has 1 saturated heterocycles. The summed E-state index contributed by atoms with van der Waals surface area (Å²) in [6.07, 6.45) is 4.11. The highest BCUT2D eigenvalue weighted by Gasteiger charge is 2.28. The maximum atomic E-state index is 12.4. The fraction of sp³-hybridized carbons (Fsp3) is 0.643. The van der Waals surface area contributed by atoms with E-state index in [9.17, 15) is 13.2 Å². The van der Waals surface area contributed by atoms with Crippen LogP contribution in [0.4, 0.5) is 0 Å². The predicted octanol–water partition coefficient (Wildman–Crippen LogP) is 1.99. The zero-order valence-electron chi connectivity index (χ0n) is 12.3. The molecule has 0 aromatic carbocycles. The molecule has 1 aromatic rings. The highest BCUT2D eigenvalue weighted by molar-refractivity contribution is 7.91. The Morgan fingerprint density at radius 1 is 1.33 bits per heavy atom. The number of amides is 1. The van der Waals surface area contributed by atoms with Gasteiger partial charge in [-0.05, 0) is 31.4 Å². The zero-order valence-corrected chi connectivity index (χ0v) is 13.9. The summed E-state index contributed by atoms with van der Waals surface area (Å²) in [6, 6.07) is 3.36. The number of carbonyl (C=O) groups is 1. The van der Waals surface area contributed by atoms with Gasteiger partial charge >= 0.3 is 0 Å². The van der Waals surface area contributed by atoms with Gasteiger partial charge in [0.1, 0.15) is 4.21 Å². The molecule has 2 heterocycles. The molecular weight excluding hydrogens is 308 g/mol. The lowest BCUT2D eigenvalue weighted by Gasteiger charge is -2.13. The van der Waals surface area contributed by atoms with E-state index in [0.717, 1.165) is 30.6 Å². The molecular formula is C14H22N2O3S2. The van der Waals surface area contributed by atoms with Crippen molar-refractivity contribution in [3.63, 3.8) is 0 Å². The first-order valence-corrected chi connectivity index (χ1v) is 9.65. The molecule has 1 aromatic heterocycles. The molecule has 0 saturated carbocycles. The average molecular weight is 330 g/mol. The third-order valence-electron chi connectivity index (χ3n) is 3.48. The van der Waals surface area contributed by atoms with Gasteiger partial charge in [0.2, 0.25) is 5.91 Å². The molecule has 21 heavy (non-hydrogen) atoms. The van der Waals surface area contributed by atoms with Gasteiger partial charge in [-0.2, -0.15) is 4.31 Å². The second-order valence-electron chi connectivity index (χ2n) is 5.21. The fourth-order valence-electron chi connectivity index (χ4n) is 2.27. The lowest BCUT2D eigenvalue weighted by Crippen LogP contribution is -2.27. The van der Waals surface area contributed by atoms with E-state index >= 15 is 0 Å². The Hall–Kier alpha value is -0.920. The summed E-state index contributed by atoms with van der Waals surface area (Å²) in [4.78, 5) is 12.5. The first kappa shape index (κ1) is 16.5. The van der Waals surface area contributed by atoms with E-state index in [1.54, 1.807) is 12.1 Å². The molecule has 0 bridgehead atoms. The number of nitrogens with one attached hydrogen (secondary N) is 1. The van der Waals surface area contributed by atoms with Gasteiger partial charge in [-0.1, -0.05) is 13.3 Å². The van der Waals surface area contributed by atoms with Crippen molar-refractivity contribution < 1.29 is 13.2 Å². The van der Waals surface area contributed by atoms with Crippen molar-refractivity contribution in [2.45, 2.75) is 43.2 Å². The zero-order chi connectivity index (χ0) is 15.3. The van der Waals surface area contributed by atoms with Crippen LogP contribution < -0.4 is 5.32 Å². The smallest absolute Gasteiger partial charge is 0.252 e. The van der Waals surface area contributed by atoms with Crippen LogP contribution in [-0.2, 0) is 21.2 Å². The average Bonchev–Trinajstić information content (AvgIpc) is 3.10. The van der Waals surface area contributed by atoms with Crippen LogP contribution in [0, 0.1) is 0 Å². The summed E-state index contributed by atoms with van der Waals surface area (Å²) in [6.45, 7) is 3.96. The summed E-state index contributed by atoms with van der Waals surface area (Å²) in [7, 11) is -3.35. The lowest BCUT2D eigenvalue weighted by atomic mass is 10.3. The van der Waals surface area contributed by atoms with Crippen LogP contribution in [0.1, 0.15) is 37.5 Å². The molecule has 7 heteroatoms. The third-order valence-corrected chi connectivity index (χ3v) is 6.93. The summed E-state index contributed by atoms with van der Waals surface area (Å²) in [5, 5.41) is 2.84. The number of hydrogen-bond donors (Lipinski definition) is 1. The minimum absolute atomic E-state index is 0.0459. The first-order chi connectivity index (χ1) is 10.0. The summed E-state index contributed by atoms with van der Waals surface area (Å²) < 4.78 is 26.6. The third kappa shape index (κ3) is 4.28. The molecule has 1 N–H and O–H groups in total. The quantitative estimate of drug-likeness (QED) is 0.778. The Bertz CT molecular complexity index is 575. The van der Waals surface area contributed by atoms with Gasteiger partial charge in [-0.15, -0.1) is 11.3 Å². The maximum absolute atomic E-state index is 12.4. The van der Waals surface area contributed by atoms with Gasteiger partial charge in [0.05, 0.1) is 6.42 Å². The normalized spacial score (nSPS) is 16.2. The molecule has 5 nitrogen and oxygen atoms in total. The van der Waals surface area contributed by atoms with E-state index in [-0.39, 0.29) is 12.3 Å². The van der Waals surface area contributed by atoms with Crippen molar-refractivity contribution in [1.29, 1.82) is 0 Å². The van der Waals surface area contributed by atoms with Gasteiger partial charge in [0.15, 0.2) is 0 Å². The summed E-state index contributed by atoms with van der Waals surface area (Å²) in [5.41, 5.74) is 0. The van der Waals surface area contributed by atoms with Crippen LogP contribution >= 0.6 is 11.3 Å². The monoisotopic (exact) mass is 330 g/mol. The molecule has 0 aliphatic carbocycles. The maximum Gasteiger partial charge on any atom is 0.252 e. The predicted molar refractivity (Wildman–Crippen MR) is 83.9 cm³/mol. The molecule has 118 valence electrons. The van der Waals surface area contributed by atoms with Crippen LogP contribution in [0.5, 0.6) is 0 Å². The van der Waals surface area contributed by atoms with Gasteiger partial charge in [0, 0.05) is 24.5 Å². The molecule has 0 spiro atoms. The van der Waals surface area contributed by atoms with E-state index in [1.807, 2.05) is 0 Å². The summed E-state index contributed by atoms with van der Waals surface area (Å²) in [5.74, 6) is -0.0459. The molecule has 0 atom stereocenters. The van der Waals surface area contributed by atoms with E-state index in [2.05, 4.69) is 12.2 Å². The number of hydrogen-bond acceptors (Lipinski definition) is 4. The Morgan fingerprint density at radius 2 is 2.05 bits per heavy atom. The minimum atomic E-state index is -3.35. The molecule has 1 aliphatic heterocycles. The molecule has 0 radical (unpaired) electrons. The standard InChI is InChI=1S/C14H22N2O3S2/c1-2-3-8-15-13(17)11-12-6-7-14(20-12)21(18,19)16-9-4-5-10-16/h6-7H,2-5,8-11H2,1H3,(H,15,17). The lowest BCUT2D eigenvalue weighted by molar-refractivity contribution is -0.120. The van der Waals surface area contributed by atoms with Crippen molar-refractivity contribution in [3.05, 3.63) is 17.0 Å². The van der Waals surface area contributed by atoms with E-state index < -0.39 is 10.0 Å². The van der Waals surface area contributed by atoms with E-state index in [0.29, 0.717) is 23.8 Å². The molecule has 0 unspecified atom stereocenters. The van der Waals surface area contributed by atoms with E-state index in [4.69, 9.17) is 0 Å². The van der Waals surface area contributed by atoms with Gasteiger partial charge < -0.3 is 5.32 Å². The van der Waals surface area contributed by atoms with Gasteiger partial charge in [-0.25, -0.2) is 8.42 Å². The van der Waals surface area contributed by atoms with Crippen LogP contribution in [0.15, 0.2) is 16.3 Å². The fourth-order valence-corrected chi connectivity index (χ4v) is 5.30. The number of nitrogens with zero attached hydrogens (tertiary/aromatic N) is 1. The highest BCUT2D eigenvalue weighted by Crippen LogP contribution is 2.27. The molecule has 2 rings (SSSR count). The first-order valence-electron chi connectivity index (χ1n) is 7.39. The Morgan fingerprint density at radius 3 is 2.71 bits per heavy atom. The van der Waals surface area contributed by atoms with E-state index in [1.165, 1.54) is 15.6 Å². The number of rotatable bonds is 7. The molecule has 1 aliphatic rings. The molecule has 1 amide bonds. The van der Waals surface area contributed by atoms with Gasteiger partial charge in [0.25, 0.3) is 10.0 Å². The Labute approximate surface area is 130 Å². The van der Waals surface area contributed by atoms with Crippen LogP contribution in [0.25, 0.3) is 0 Å². The second kappa shape index (κ2) is 7.38. The topological polar surface area (TPSA) is 66.5 Å². The second-order valence-corrected chi connectivity index (χ2v) is 8.55. The van der Waals surface area contributed by atoms with Crippen LogP contribution in [-0.4, -0.2) is 38.3 Å². The number of sulfonamides is 1. The Kier molecular flexibility index (Phi) is 5.78. The Balaban J connectivity index is 1.96. The number of carbonyl (C=O) groups excluding carboxylic acids is 1. The number of thiophene rings is 1. The largest absolute Gasteiger partial charge is 0.356 e. The molecule has 1 fully saturated rings. The summed E-state index contributed by atoms with van der Waals surface area (Å²) >= 11 is 1.20. The van der Waals surface area contributed by atoms with Crippen molar-refractivity contribution in [1.82, 2.24) is 9.62 Å². The van der Waals surface area contributed by atoms with Crippen LogP contribution in [0.3, 0.4) is 0 Å². The van der Waals surface area contributed by atoms with Crippen molar-refractivity contribution in [2.24, 2.45) is 0 Å². The van der Waals surface area contributed by atoms with Crippen molar-refractivity contribution >= 4 is 27.3 Å². The minimum Gasteiger partial charge on any atom is -0.356 e. The number of unbranched alkanes of at least 4 members (excludes halogenated alkanes) is 1.